The number of nitrogens with one attached hydrogen (secondary N) is 1. The Labute approximate surface area is 155 Å². The van der Waals surface area contributed by atoms with Crippen LogP contribution in [-0.2, 0) is 9.53 Å². The molecule has 1 aliphatic carbocycles. The lowest BCUT2D eigenvalue weighted by atomic mass is 9.94. The Morgan fingerprint density at radius 1 is 1.27 bits per heavy atom. The third kappa shape index (κ3) is 4.42. The summed E-state index contributed by atoms with van der Waals surface area (Å²) in [5.41, 5.74) is 0.211. The average Bonchev–Trinajstić information content (AvgIpc) is 3.05. The number of benzene rings is 1. The molecule has 2 fully saturated rings. The van der Waals surface area contributed by atoms with Crippen molar-refractivity contribution in [2.75, 3.05) is 46.9 Å². The predicted molar refractivity (Wildman–Crippen MR) is 99.4 cm³/mol. The average molecular weight is 363 g/mol. The summed E-state index contributed by atoms with van der Waals surface area (Å²) in [5.74, 6) is -0.453. The Bertz CT molecular complexity index is 611. The third-order valence-corrected chi connectivity index (χ3v) is 5.54. The number of hydrogen-bond donors (Lipinski definition) is 1. The third-order valence-electron chi connectivity index (χ3n) is 5.54. The first kappa shape index (κ1) is 19.3. The van der Waals surface area contributed by atoms with Crippen molar-refractivity contribution in [3.63, 3.8) is 0 Å². The van der Waals surface area contributed by atoms with Crippen LogP contribution in [0.15, 0.2) is 24.3 Å². The van der Waals surface area contributed by atoms with Crippen LogP contribution in [-0.4, -0.2) is 68.2 Å². The summed E-state index contributed by atoms with van der Waals surface area (Å²) in [5, 5.41) is 3.32. The smallest absolute Gasteiger partial charge is 0.242 e. The number of rotatable bonds is 6. The van der Waals surface area contributed by atoms with Gasteiger partial charge in [-0.2, -0.15) is 0 Å². The molecule has 1 aromatic rings. The van der Waals surface area contributed by atoms with E-state index in [1.54, 1.807) is 23.1 Å². The van der Waals surface area contributed by atoms with Gasteiger partial charge in [-0.15, -0.1) is 0 Å². The van der Waals surface area contributed by atoms with Crippen LogP contribution in [0.4, 0.5) is 4.39 Å². The molecule has 0 aromatic heterocycles. The minimum atomic E-state index is -0.627. The number of ether oxygens (including phenoxy) is 1. The number of carbonyl (C=O) groups excluding carboxylic acids is 1. The molecule has 1 N–H and O–H groups in total. The number of nitrogens with zero attached hydrogens (tertiary/aromatic N) is 2. The predicted octanol–water partition coefficient (Wildman–Crippen LogP) is 2.19. The Morgan fingerprint density at radius 2 is 1.92 bits per heavy atom. The summed E-state index contributed by atoms with van der Waals surface area (Å²) in [4.78, 5) is 17.3. The zero-order valence-corrected chi connectivity index (χ0v) is 15.8. The van der Waals surface area contributed by atoms with Gasteiger partial charge in [-0.25, -0.2) is 4.39 Å². The summed E-state index contributed by atoms with van der Waals surface area (Å²) >= 11 is 0. The molecule has 144 valence electrons. The molecule has 1 heterocycles. The number of likely N-dealkylation sites (N-methyl/N-ethyl adjacent to an activating group) is 1. The number of halogens is 1. The highest BCUT2D eigenvalue weighted by Crippen LogP contribution is 2.32. The molecule has 1 saturated heterocycles. The second-order valence-electron chi connectivity index (χ2n) is 7.75. The van der Waals surface area contributed by atoms with Gasteiger partial charge in [-0.3, -0.25) is 14.6 Å². The van der Waals surface area contributed by atoms with E-state index in [1.807, 2.05) is 14.1 Å². The van der Waals surface area contributed by atoms with Gasteiger partial charge >= 0.3 is 0 Å². The summed E-state index contributed by atoms with van der Waals surface area (Å²) in [6.45, 7) is 4.16. The molecule has 3 rings (SSSR count). The van der Waals surface area contributed by atoms with Gasteiger partial charge in [-0.05, 0) is 33.0 Å². The van der Waals surface area contributed by atoms with Crippen molar-refractivity contribution in [1.82, 2.24) is 15.1 Å². The molecule has 0 spiro atoms. The van der Waals surface area contributed by atoms with Gasteiger partial charge in [-0.1, -0.05) is 31.0 Å². The number of carbonyl (C=O) groups is 1. The maximum atomic E-state index is 14.3. The van der Waals surface area contributed by atoms with Crippen LogP contribution in [0.5, 0.6) is 0 Å². The molecule has 1 saturated carbocycles. The van der Waals surface area contributed by atoms with Crippen LogP contribution < -0.4 is 5.32 Å². The molecule has 2 aliphatic rings. The lowest BCUT2D eigenvalue weighted by Gasteiger charge is -2.39. The van der Waals surface area contributed by atoms with Gasteiger partial charge in [0.15, 0.2) is 0 Å². The fourth-order valence-electron chi connectivity index (χ4n) is 4.24. The van der Waals surface area contributed by atoms with Gasteiger partial charge in [0.25, 0.3) is 0 Å². The van der Waals surface area contributed by atoms with E-state index in [0.29, 0.717) is 5.56 Å². The number of morpholine rings is 1. The molecule has 1 atom stereocenters. The summed E-state index contributed by atoms with van der Waals surface area (Å²) in [7, 11) is 3.64. The normalized spacial score (nSPS) is 21.7. The molecule has 26 heavy (non-hydrogen) atoms. The van der Waals surface area contributed by atoms with Crippen molar-refractivity contribution in [2.45, 2.75) is 37.3 Å². The first-order chi connectivity index (χ1) is 12.5. The van der Waals surface area contributed by atoms with Crippen LogP contribution >= 0.6 is 0 Å². The number of amides is 1. The number of hydrogen-bond acceptors (Lipinski definition) is 4. The molecule has 1 aromatic carbocycles. The van der Waals surface area contributed by atoms with E-state index >= 15 is 0 Å². The van der Waals surface area contributed by atoms with Gasteiger partial charge in [0.05, 0.1) is 18.8 Å². The quantitative estimate of drug-likeness (QED) is 0.842. The van der Waals surface area contributed by atoms with Gasteiger partial charge in [0.2, 0.25) is 5.91 Å². The summed E-state index contributed by atoms with van der Waals surface area (Å²) in [6, 6.07) is 5.92. The molecule has 1 amide bonds. The standard InChI is InChI=1S/C20H30FN3O2/c1-23(2)18(16-7-3-4-8-17(16)21)19(25)22-20(9-5-6-10-20)15-24-11-13-26-14-12-24/h3-4,7-8,18H,5-6,9-15H2,1-2H3,(H,22,25)/t18-/m0/s1. The first-order valence-corrected chi connectivity index (χ1v) is 9.54. The first-order valence-electron chi connectivity index (χ1n) is 9.54. The monoisotopic (exact) mass is 363 g/mol. The Kier molecular flexibility index (Phi) is 6.27. The molecule has 0 bridgehead atoms. The minimum Gasteiger partial charge on any atom is -0.379 e. The van der Waals surface area contributed by atoms with Crippen LogP contribution in [0.2, 0.25) is 0 Å². The topological polar surface area (TPSA) is 44.8 Å². The lowest BCUT2D eigenvalue weighted by Crippen LogP contribution is -2.57. The van der Waals surface area contributed by atoms with Crippen molar-refractivity contribution in [3.05, 3.63) is 35.6 Å². The Balaban J connectivity index is 1.76. The summed E-state index contributed by atoms with van der Waals surface area (Å²) < 4.78 is 19.8. The minimum absolute atomic E-state index is 0.116. The van der Waals surface area contributed by atoms with E-state index in [9.17, 15) is 9.18 Å². The van der Waals surface area contributed by atoms with Crippen molar-refractivity contribution in [2.24, 2.45) is 0 Å². The molecule has 0 radical (unpaired) electrons. The van der Waals surface area contributed by atoms with Crippen LogP contribution in [0.25, 0.3) is 0 Å². The highest BCUT2D eigenvalue weighted by Gasteiger charge is 2.39. The van der Waals surface area contributed by atoms with E-state index < -0.39 is 6.04 Å². The molecule has 0 unspecified atom stereocenters. The lowest BCUT2D eigenvalue weighted by molar-refractivity contribution is -0.128. The fourth-order valence-corrected chi connectivity index (χ4v) is 4.24. The van der Waals surface area contributed by atoms with E-state index in [0.717, 1.165) is 58.5 Å². The molecular weight excluding hydrogens is 333 g/mol. The maximum absolute atomic E-state index is 14.3. The zero-order valence-electron chi connectivity index (χ0n) is 15.8. The van der Waals surface area contributed by atoms with Crippen molar-refractivity contribution in [3.8, 4) is 0 Å². The van der Waals surface area contributed by atoms with E-state index in [-0.39, 0.29) is 17.3 Å². The second kappa shape index (κ2) is 8.46. The van der Waals surface area contributed by atoms with Crippen molar-refractivity contribution < 1.29 is 13.9 Å². The maximum Gasteiger partial charge on any atom is 0.242 e. The SMILES string of the molecule is CN(C)[C@H](C(=O)NC1(CN2CCOCC2)CCCC1)c1ccccc1F. The Hall–Kier alpha value is -1.50. The zero-order chi connectivity index (χ0) is 18.6. The molecule has 6 heteroatoms. The summed E-state index contributed by atoms with van der Waals surface area (Å²) in [6.07, 6.45) is 4.20. The molecular formula is C20H30FN3O2. The highest BCUT2D eigenvalue weighted by atomic mass is 19.1. The fraction of sp³-hybridized carbons (Fsp3) is 0.650. The largest absolute Gasteiger partial charge is 0.379 e. The van der Waals surface area contributed by atoms with Crippen LogP contribution in [0, 0.1) is 5.82 Å². The molecule has 1 aliphatic heterocycles. The van der Waals surface area contributed by atoms with Crippen molar-refractivity contribution in [1.29, 1.82) is 0 Å². The van der Waals surface area contributed by atoms with Gasteiger partial charge < -0.3 is 10.1 Å². The van der Waals surface area contributed by atoms with E-state index in [1.165, 1.54) is 6.07 Å². The van der Waals surface area contributed by atoms with Gasteiger partial charge in [0, 0.05) is 25.2 Å². The van der Waals surface area contributed by atoms with Crippen LogP contribution in [0.1, 0.15) is 37.3 Å². The van der Waals surface area contributed by atoms with Crippen LogP contribution in [0.3, 0.4) is 0 Å². The Morgan fingerprint density at radius 3 is 2.54 bits per heavy atom. The van der Waals surface area contributed by atoms with E-state index in [4.69, 9.17) is 4.74 Å². The van der Waals surface area contributed by atoms with Crippen molar-refractivity contribution >= 4 is 5.91 Å². The highest BCUT2D eigenvalue weighted by molar-refractivity contribution is 5.84. The van der Waals surface area contributed by atoms with Gasteiger partial charge in [0.1, 0.15) is 11.9 Å². The second-order valence-corrected chi connectivity index (χ2v) is 7.75. The van der Waals surface area contributed by atoms with E-state index in [2.05, 4.69) is 10.2 Å². The molecule has 5 nitrogen and oxygen atoms in total.